The Hall–Kier alpha value is -0.960. The Kier molecular flexibility index (Phi) is 4.48. The quantitative estimate of drug-likeness (QED) is 0.813. The van der Waals surface area contributed by atoms with Gasteiger partial charge in [-0.3, -0.25) is 0 Å². The zero-order valence-corrected chi connectivity index (χ0v) is 12.6. The molecule has 0 aromatic heterocycles. The van der Waals surface area contributed by atoms with Crippen LogP contribution in [0.3, 0.4) is 0 Å². The maximum Gasteiger partial charge on any atom is 0.240 e. The molecule has 112 valence electrons. The predicted octanol–water partition coefficient (Wildman–Crippen LogP) is 0.000800. The first-order valence-corrected chi connectivity index (χ1v) is 9.65. The fourth-order valence-electron chi connectivity index (χ4n) is 2.21. The van der Waals surface area contributed by atoms with E-state index < -0.39 is 25.9 Å². The number of nitrogens with one attached hydrogen (secondary N) is 1. The maximum atomic E-state index is 12.2. The van der Waals surface area contributed by atoms with Crippen LogP contribution in [0.4, 0.5) is 0 Å². The van der Waals surface area contributed by atoms with E-state index in [1.165, 1.54) is 12.1 Å². The fraction of sp³-hybridized carbons (Fsp3) is 0.500. The lowest BCUT2D eigenvalue weighted by molar-refractivity contribution is 0.517. The van der Waals surface area contributed by atoms with E-state index in [4.69, 9.17) is 5.73 Å². The monoisotopic (exact) mass is 318 g/mol. The van der Waals surface area contributed by atoms with Gasteiger partial charge in [-0.2, -0.15) is 0 Å². The van der Waals surface area contributed by atoms with Crippen molar-refractivity contribution in [2.75, 3.05) is 11.5 Å². The molecule has 1 aromatic rings. The standard InChI is InChI=1S/C12H18N2O4S2/c13-8-10-3-5-12(6-4-10)20(17,18)14-11-2-1-7-19(15,16)9-11/h3-6,11,14H,1-2,7-9,13H2. The van der Waals surface area contributed by atoms with E-state index in [1.807, 2.05) is 0 Å². The van der Waals surface area contributed by atoms with Crippen LogP contribution < -0.4 is 10.5 Å². The van der Waals surface area contributed by atoms with Gasteiger partial charge in [-0.25, -0.2) is 21.6 Å². The second-order valence-corrected chi connectivity index (χ2v) is 8.87. The average molecular weight is 318 g/mol. The van der Waals surface area contributed by atoms with Gasteiger partial charge in [0.15, 0.2) is 9.84 Å². The maximum absolute atomic E-state index is 12.2. The van der Waals surface area contributed by atoms with Crippen LogP contribution in [0.5, 0.6) is 0 Å². The van der Waals surface area contributed by atoms with Gasteiger partial charge in [0.25, 0.3) is 0 Å². The van der Waals surface area contributed by atoms with Crippen LogP contribution >= 0.6 is 0 Å². The summed E-state index contributed by atoms with van der Waals surface area (Å²) in [5, 5.41) is 0. The van der Waals surface area contributed by atoms with Crippen molar-refractivity contribution in [3.8, 4) is 0 Å². The topological polar surface area (TPSA) is 106 Å². The van der Waals surface area contributed by atoms with Gasteiger partial charge in [-0.15, -0.1) is 0 Å². The third-order valence-electron chi connectivity index (χ3n) is 3.25. The molecule has 0 bridgehead atoms. The molecule has 1 heterocycles. The van der Waals surface area contributed by atoms with Crippen molar-refractivity contribution in [3.05, 3.63) is 29.8 Å². The molecule has 8 heteroatoms. The number of sulfone groups is 1. The molecule has 3 N–H and O–H groups in total. The van der Waals surface area contributed by atoms with Crippen LogP contribution in [0.2, 0.25) is 0 Å². The first-order valence-electron chi connectivity index (χ1n) is 6.34. The van der Waals surface area contributed by atoms with Gasteiger partial charge in [0, 0.05) is 12.6 Å². The Labute approximate surface area is 119 Å². The lowest BCUT2D eigenvalue weighted by Crippen LogP contribution is -2.43. The van der Waals surface area contributed by atoms with Crippen molar-refractivity contribution >= 4 is 19.9 Å². The van der Waals surface area contributed by atoms with Crippen molar-refractivity contribution in [1.29, 1.82) is 0 Å². The normalized spacial score (nSPS) is 22.6. The molecule has 0 radical (unpaired) electrons. The van der Waals surface area contributed by atoms with Crippen molar-refractivity contribution in [3.63, 3.8) is 0 Å². The molecule has 1 saturated heterocycles. The Morgan fingerprint density at radius 2 is 1.90 bits per heavy atom. The number of hydrogen-bond donors (Lipinski definition) is 2. The summed E-state index contributed by atoms with van der Waals surface area (Å²) in [6.45, 7) is 0.342. The number of rotatable bonds is 4. The zero-order valence-electron chi connectivity index (χ0n) is 10.9. The molecule has 0 spiro atoms. The zero-order chi connectivity index (χ0) is 14.8. The summed E-state index contributed by atoms with van der Waals surface area (Å²) in [5.74, 6) is 0.00351. The van der Waals surface area contributed by atoms with E-state index in [0.717, 1.165) is 5.56 Å². The minimum Gasteiger partial charge on any atom is -0.326 e. The van der Waals surface area contributed by atoms with E-state index in [1.54, 1.807) is 12.1 Å². The highest BCUT2D eigenvalue weighted by atomic mass is 32.2. The van der Waals surface area contributed by atoms with Gasteiger partial charge >= 0.3 is 0 Å². The molecule has 1 atom stereocenters. The molecule has 1 aliphatic heterocycles. The second-order valence-electron chi connectivity index (χ2n) is 4.92. The summed E-state index contributed by atoms with van der Waals surface area (Å²) in [5.41, 5.74) is 6.29. The summed E-state index contributed by atoms with van der Waals surface area (Å²) in [6, 6.07) is 5.69. The lowest BCUT2D eigenvalue weighted by Gasteiger charge is -2.22. The van der Waals surface area contributed by atoms with Gasteiger partial charge in [-0.1, -0.05) is 12.1 Å². The van der Waals surface area contributed by atoms with E-state index in [0.29, 0.717) is 19.4 Å². The summed E-state index contributed by atoms with van der Waals surface area (Å²) in [6.07, 6.45) is 1.03. The van der Waals surface area contributed by atoms with E-state index in [-0.39, 0.29) is 16.4 Å². The van der Waals surface area contributed by atoms with Crippen molar-refractivity contribution in [1.82, 2.24) is 4.72 Å². The summed E-state index contributed by atoms with van der Waals surface area (Å²) < 4.78 is 49.9. The molecule has 1 unspecified atom stereocenters. The fourth-order valence-corrected chi connectivity index (χ4v) is 5.22. The van der Waals surface area contributed by atoms with Gasteiger partial charge in [0.1, 0.15) is 0 Å². The third kappa shape index (κ3) is 3.78. The van der Waals surface area contributed by atoms with Crippen molar-refractivity contribution in [2.24, 2.45) is 5.73 Å². The molecule has 0 aliphatic carbocycles. The molecule has 2 rings (SSSR count). The van der Waals surface area contributed by atoms with Gasteiger partial charge in [0.05, 0.1) is 16.4 Å². The van der Waals surface area contributed by atoms with Crippen LogP contribution in [0, 0.1) is 0 Å². The van der Waals surface area contributed by atoms with E-state index in [9.17, 15) is 16.8 Å². The van der Waals surface area contributed by atoms with Crippen LogP contribution in [0.1, 0.15) is 18.4 Å². The minimum atomic E-state index is -3.69. The van der Waals surface area contributed by atoms with Crippen LogP contribution in [-0.4, -0.2) is 34.4 Å². The Balaban J connectivity index is 2.14. The number of benzene rings is 1. The SMILES string of the molecule is NCc1ccc(S(=O)(=O)NC2CCCS(=O)(=O)C2)cc1. The molecule has 20 heavy (non-hydrogen) atoms. The molecule has 0 saturated carbocycles. The first-order chi connectivity index (χ1) is 9.32. The highest BCUT2D eigenvalue weighted by molar-refractivity contribution is 7.91. The molecule has 0 amide bonds. The van der Waals surface area contributed by atoms with Crippen molar-refractivity contribution in [2.45, 2.75) is 30.3 Å². The van der Waals surface area contributed by atoms with E-state index in [2.05, 4.69) is 4.72 Å². The van der Waals surface area contributed by atoms with Gasteiger partial charge < -0.3 is 5.73 Å². The third-order valence-corrected chi connectivity index (χ3v) is 6.61. The van der Waals surface area contributed by atoms with Crippen LogP contribution in [0.15, 0.2) is 29.2 Å². The minimum absolute atomic E-state index is 0.123. The smallest absolute Gasteiger partial charge is 0.240 e. The predicted molar refractivity (Wildman–Crippen MR) is 76.3 cm³/mol. The largest absolute Gasteiger partial charge is 0.326 e. The van der Waals surface area contributed by atoms with Crippen LogP contribution in [0.25, 0.3) is 0 Å². The summed E-state index contributed by atoms with van der Waals surface area (Å²) in [4.78, 5) is 0.123. The Bertz CT molecular complexity index is 666. The second kappa shape index (κ2) is 5.80. The van der Waals surface area contributed by atoms with E-state index >= 15 is 0 Å². The Morgan fingerprint density at radius 3 is 2.45 bits per heavy atom. The Morgan fingerprint density at radius 1 is 1.25 bits per heavy atom. The molecular weight excluding hydrogens is 300 g/mol. The molecular formula is C12H18N2O4S2. The highest BCUT2D eigenvalue weighted by Crippen LogP contribution is 2.16. The lowest BCUT2D eigenvalue weighted by atomic mass is 10.2. The average Bonchev–Trinajstić information content (AvgIpc) is 2.37. The van der Waals surface area contributed by atoms with Crippen molar-refractivity contribution < 1.29 is 16.8 Å². The number of nitrogens with two attached hydrogens (primary N) is 1. The molecule has 1 aromatic carbocycles. The summed E-state index contributed by atoms with van der Waals surface area (Å²) >= 11 is 0. The van der Waals surface area contributed by atoms with Gasteiger partial charge in [-0.05, 0) is 30.5 Å². The van der Waals surface area contributed by atoms with Crippen LogP contribution in [-0.2, 0) is 26.4 Å². The number of hydrogen-bond acceptors (Lipinski definition) is 5. The number of sulfonamides is 1. The molecule has 6 nitrogen and oxygen atoms in total. The molecule has 1 aliphatic rings. The first kappa shape index (κ1) is 15.4. The summed E-state index contributed by atoms with van der Waals surface area (Å²) in [7, 11) is -6.83. The van der Waals surface area contributed by atoms with Gasteiger partial charge in [0.2, 0.25) is 10.0 Å². The molecule has 1 fully saturated rings. The highest BCUT2D eigenvalue weighted by Gasteiger charge is 2.28.